The molecule has 2 N–H and O–H groups in total. The van der Waals surface area contributed by atoms with Crippen LogP contribution in [0, 0.1) is 0 Å². The van der Waals surface area contributed by atoms with Gasteiger partial charge in [-0.3, -0.25) is 9.59 Å². The molecule has 0 unspecified atom stereocenters. The maximum Gasteiger partial charge on any atom is 0.265 e. The molecule has 0 radical (unpaired) electrons. The van der Waals surface area contributed by atoms with Crippen molar-refractivity contribution in [1.82, 2.24) is 5.32 Å². The Labute approximate surface area is 150 Å². The van der Waals surface area contributed by atoms with Crippen molar-refractivity contribution in [2.24, 2.45) is 0 Å². The molecule has 0 saturated heterocycles. The van der Waals surface area contributed by atoms with E-state index in [0.29, 0.717) is 40.9 Å². The van der Waals surface area contributed by atoms with Crippen LogP contribution in [-0.4, -0.2) is 31.6 Å². The molecule has 7 heteroatoms. The monoisotopic (exact) mass is 366 g/mol. The first-order valence-electron chi connectivity index (χ1n) is 7.62. The maximum atomic E-state index is 12.1. The lowest BCUT2D eigenvalue weighted by molar-refractivity contribution is 0.0943. The van der Waals surface area contributed by atoms with Crippen LogP contribution in [0.5, 0.6) is 0 Å². The van der Waals surface area contributed by atoms with E-state index in [0.717, 1.165) is 6.42 Å². The SMILES string of the molecule is CCOCCCNC(=O)c1ccc(Cl)c(NC(=O)c2cccs2)c1. The van der Waals surface area contributed by atoms with Crippen molar-refractivity contribution in [3.63, 3.8) is 0 Å². The Morgan fingerprint density at radius 1 is 1.25 bits per heavy atom. The van der Waals surface area contributed by atoms with Gasteiger partial charge in [-0.1, -0.05) is 17.7 Å². The number of ether oxygens (including phenoxy) is 1. The highest BCUT2D eigenvalue weighted by atomic mass is 35.5. The lowest BCUT2D eigenvalue weighted by Crippen LogP contribution is -2.25. The molecule has 0 atom stereocenters. The largest absolute Gasteiger partial charge is 0.382 e. The number of amides is 2. The Bertz CT molecular complexity index is 689. The molecular formula is C17H19ClN2O3S. The molecule has 24 heavy (non-hydrogen) atoms. The quantitative estimate of drug-likeness (QED) is 0.698. The van der Waals surface area contributed by atoms with E-state index in [2.05, 4.69) is 10.6 Å². The molecule has 0 aliphatic heterocycles. The predicted octanol–water partition coefficient (Wildman–Crippen LogP) is 3.81. The van der Waals surface area contributed by atoms with Gasteiger partial charge in [0.1, 0.15) is 0 Å². The summed E-state index contributed by atoms with van der Waals surface area (Å²) in [7, 11) is 0. The lowest BCUT2D eigenvalue weighted by Gasteiger charge is -2.10. The molecule has 0 aliphatic carbocycles. The average Bonchev–Trinajstić information content (AvgIpc) is 3.11. The second-order valence-corrected chi connectivity index (χ2v) is 6.29. The number of carbonyl (C=O) groups excluding carboxylic acids is 2. The number of nitrogens with one attached hydrogen (secondary N) is 2. The smallest absolute Gasteiger partial charge is 0.265 e. The first-order chi connectivity index (χ1) is 11.6. The first kappa shape index (κ1) is 18.4. The minimum atomic E-state index is -0.249. The summed E-state index contributed by atoms with van der Waals surface area (Å²) >= 11 is 7.45. The Balaban J connectivity index is 1.97. The first-order valence-corrected chi connectivity index (χ1v) is 8.88. The molecule has 0 saturated carbocycles. The molecule has 2 aromatic rings. The van der Waals surface area contributed by atoms with E-state index >= 15 is 0 Å². The van der Waals surface area contributed by atoms with Gasteiger partial charge in [-0.2, -0.15) is 0 Å². The normalized spacial score (nSPS) is 10.4. The summed E-state index contributed by atoms with van der Waals surface area (Å²) < 4.78 is 5.22. The van der Waals surface area contributed by atoms with E-state index in [4.69, 9.17) is 16.3 Å². The van der Waals surface area contributed by atoms with Gasteiger partial charge in [-0.15, -0.1) is 11.3 Å². The summed E-state index contributed by atoms with van der Waals surface area (Å²) in [4.78, 5) is 24.8. The van der Waals surface area contributed by atoms with Crippen molar-refractivity contribution in [1.29, 1.82) is 0 Å². The molecule has 2 rings (SSSR count). The third kappa shape index (κ3) is 5.33. The summed E-state index contributed by atoms with van der Waals surface area (Å²) in [6, 6.07) is 8.32. The zero-order chi connectivity index (χ0) is 17.4. The van der Waals surface area contributed by atoms with Crippen molar-refractivity contribution in [2.45, 2.75) is 13.3 Å². The van der Waals surface area contributed by atoms with Crippen LogP contribution >= 0.6 is 22.9 Å². The zero-order valence-corrected chi connectivity index (χ0v) is 14.9. The van der Waals surface area contributed by atoms with Crippen LogP contribution in [0.4, 0.5) is 5.69 Å². The van der Waals surface area contributed by atoms with Crippen molar-refractivity contribution in [3.05, 3.63) is 51.2 Å². The standard InChI is InChI=1S/C17H19ClN2O3S/c1-2-23-9-4-8-19-16(21)12-6-7-13(18)14(11-12)20-17(22)15-5-3-10-24-15/h3,5-7,10-11H,2,4,8-9H2,1H3,(H,19,21)(H,20,22). The van der Waals surface area contributed by atoms with Crippen LogP contribution in [0.2, 0.25) is 5.02 Å². The zero-order valence-electron chi connectivity index (χ0n) is 13.3. The van der Waals surface area contributed by atoms with E-state index in [1.165, 1.54) is 11.3 Å². The van der Waals surface area contributed by atoms with Crippen LogP contribution in [0.1, 0.15) is 33.4 Å². The van der Waals surface area contributed by atoms with Crippen LogP contribution in [0.25, 0.3) is 0 Å². The third-order valence-electron chi connectivity index (χ3n) is 3.18. The fourth-order valence-electron chi connectivity index (χ4n) is 1.98. The topological polar surface area (TPSA) is 67.4 Å². The Kier molecular flexibility index (Phi) is 7.24. The van der Waals surface area contributed by atoms with Crippen LogP contribution < -0.4 is 10.6 Å². The van der Waals surface area contributed by atoms with E-state index in [9.17, 15) is 9.59 Å². The van der Waals surface area contributed by atoms with E-state index < -0.39 is 0 Å². The number of carbonyl (C=O) groups is 2. The second kappa shape index (κ2) is 9.42. The van der Waals surface area contributed by atoms with Gasteiger partial charge in [0.25, 0.3) is 11.8 Å². The molecule has 0 aliphatic rings. The minimum absolute atomic E-state index is 0.213. The fourth-order valence-corrected chi connectivity index (χ4v) is 2.76. The summed E-state index contributed by atoms with van der Waals surface area (Å²) in [5, 5.41) is 7.75. The predicted molar refractivity (Wildman–Crippen MR) is 97.2 cm³/mol. The highest BCUT2D eigenvalue weighted by Gasteiger charge is 2.12. The molecule has 2 amide bonds. The molecule has 0 fully saturated rings. The number of anilines is 1. The molecular weight excluding hydrogens is 348 g/mol. The van der Waals surface area contributed by atoms with Crippen molar-refractivity contribution < 1.29 is 14.3 Å². The summed E-state index contributed by atoms with van der Waals surface area (Å²) in [6.45, 7) is 3.73. The molecule has 1 aromatic carbocycles. The summed E-state index contributed by atoms with van der Waals surface area (Å²) in [5.74, 6) is -0.462. The van der Waals surface area contributed by atoms with Gasteiger partial charge in [0.15, 0.2) is 0 Å². The highest BCUT2D eigenvalue weighted by molar-refractivity contribution is 7.12. The Morgan fingerprint density at radius 3 is 2.79 bits per heavy atom. The van der Waals surface area contributed by atoms with E-state index in [1.807, 2.05) is 12.3 Å². The number of thiophene rings is 1. The summed E-state index contributed by atoms with van der Waals surface area (Å²) in [6.07, 6.45) is 0.745. The van der Waals surface area contributed by atoms with Gasteiger partial charge in [0, 0.05) is 25.3 Å². The lowest BCUT2D eigenvalue weighted by atomic mass is 10.2. The number of hydrogen-bond acceptors (Lipinski definition) is 4. The molecule has 1 aromatic heterocycles. The Morgan fingerprint density at radius 2 is 2.08 bits per heavy atom. The second-order valence-electron chi connectivity index (χ2n) is 4.93. The minimum Gasteiger partial charge on any atom is -0.382 e. The van der Waals surface area contributed by atoms with Crippen molar-refractivity contribution in [2.75, 3.05) is 25.1 Å². The van der Waals surface area contributed by atoms with Crippen LogP contribution in [-0.2, 0) is 4.74 Å². The Hall–Kier alpha value is -1.89. The maximum absolute atomic E-state index is 12.1. The van der Waals surface area contributed by atoms with Gasteiger partial charge in [-0.05, 0) is 43.0 Å². The van der Waals surface area contributed by atoms with E-state index in [-0.39, 0.29) is 11.8 Å². The number of benzene rings is 1. The number of hydrogen-bond donors (Lipinski definition) is 2. The molecule has 0 bridgehead atoms. The van der Waals surface area contributed by atoms with Crippen LogP contribution in [0.3, 0.4) is 0 Å². The van der Waals surface area contributed by atoms with Gasteiger partial charge in [0.05, 0.1) is 15.6 Å². The van der Waals surface area contributed by atoms with E-state index in [1.54, 1.807) is 30.3 Å². The third-order valence-corrected chi connectivity index (χ3v) is 4.38. The average molecular weight is 367 g/mol. The van der Waals surface area contributed by atoms with Crippen molar-refractivity contribution in [3.8, 4) is 0 Å². The van der Waals surface area contributed by atoms with Gasteiger partial charge in [-0.25, -0.2) is 0 Å². The van der Waals surface area contributed by atoms with Crippen molar-refractivity contribution >= 4 is 40.4 Å². The molecule has 128 valence electrons. The summed E-state index contributed by atoms with van der Waals surface area (Å²) in [5.41, 5.74) is 0.856. The van der Waals surface area contributed by atoms with Gasteiger partial charge in [0.2, 0.25) is 0 Å². The number of halogens is 1. The van der Waals surface area contributed by atoms with Gasteiger partial charge < -0.3 is 15.4 Å². The van der Waals surface area contributed by atoms with Crippen LogP contribution in [0.15, 0.2) is 35.7 Å². The molecule has 0 spiro atoms. The molecule has 5 nitrogen and oxygen atoms in total. The number of rotatable bonds is 8. The highest BCUT2D eigenvalue weighted by Crippen LogP contribution is 2.24. The van der Waals surface area contributed by atoms with Gasteiger partial charge >= 0.3 is 0 Å². The molecule has 1 heterocycles. The fraction of sp³-hybridized carbons (Fsp3) is 0.294.